The van der Waals surface area contributed by atoms with Crippen LogP contribution in [0.4, 0.5) is 23.4 Å². The summed E-state index contributed by atoms with van der Waals surface area (Å²) in [7, 11) is -2.72. The van der Waals surface area contributed by atoms with E-state index >= 15 is 4.39 Å². The van der Waals surface area contributed by atoms with Crippen molar-refractivity contribution in [2.24, 2.45) is 5.41 Å². The number of hydrogen-bond donors (Lipinski definition) is 1. The van der Waals surface area contributed by atoms with E-state index in [1.165, 1.54) is 60.4 Å². The molecule has 0 amide bonds. The van der Waals surface area contributed by atoms with E-state index in [1.54, 1.807) is 0 Å². The molecular formula is C25H19F4N3O5S. The lowest BCUT2D eigenvalue weighted by Crippen LogP contribution is -2.70. The van der Waals surface area contributed by atoms with Gasteiger partial charge in [0.25, 0.3) is 15.6 Å². The summed E-state index contributed by atoms with van der Waals surface area (Å²) < 4.78 is 94.4. The van der Waals surface area contributed by atoms with Crippen LogP contribution in [0.1, 0.15) is 24.8 Å². The zero-order valence-corrected chi connectivity index (χ0v) is 20.5. The molecule has 1 N–H and O–H groups in total. The van der Waals surface area contributed by atoms with Crippen molar-refractivity contribution in [2.75, 3.05) is 11.8 Å². The van der Waals surface area contributed by atoms with Gasteiger partial charge < -0.3 is 9.26 Å². The molecule has 4 aromatic rings. The number of nitrogens with zero attached hydrogens (tertiary/aromatic N) is 2. The number of rotatable bonds is 6. The molecule has 2 heterocycles. The van der Waals surface area contributed by atoms with Crippen LogP contribution in [0.3, 0.4) is 0 Å². The Morgan fingerprint density at radius 3 is 2.45 bits per heavy atom. The van der Waals surface area contributed by atoms with E-state index < -0.39 is 38.4 Å². The first-order chi connectivity index (χ1) is 17.9. The topological polar surface area (TPSA) is 103 Å². The Hall–Kier alpha value is -3.87. The lowest BCUT2D eigenvalue weighted by Gasteiger charge is -2.70. The molecule has 2 aromatic carbocycles. The van der Waals surface area contributed by atoms with Crippen molar-refractivity contribution in [1.82, 2.24) is 9.72 Å². The van der Waals surface area contributed by atoms with Crippen LogP contribution in [0.5, 0.6) is 5.75 Å². The van der Waals surface area contributed by atoms with Gasteiger partial charge in [-0.15, -0.1) is 0 Å². The maximum atomic E-state index is 15.4. The molecule has 3 aliphatic rings. The van der Waals surface area contributed by atoms with Crippen molar-refractivity contribution in [1.29, 1.82) is 0 Å². The largest absolute Gasteiger partial charge is 0.495 e. The average molecular weight is 550 g/mol. The van der Waals surface area contributed by atoms with Crippen LogP contribution in [-0.4, -0.2) is 31.4 Å². The fourth-order valence-electron chi connectivity index (χ4n) is 5.76. The Balaban J connectivity index is 1.41. The van der Waals surface area contributed by atoms with Crippen molar-refractivity contribution in [2.45, 2.75) is 35.7 Å². The molecule has 3 saturated carbocycles. The number of nitrogens with one attached hydrogen (secondary N) is 1. The lowest BCUT2D eigenvalue weighted by molar-refractivity contribution is -0.337. The summed E-state index contributed by atoms with van der Waals surface area (Å²) in [6.45, 7) is 0. The van der Waals surface area contributed by atoms with Crippen LogP contribution < -0.4 is 15.0 Å². The van der Waals surface area contributed by atoms with Gasteiger partial charge in [-0.05, 0) is 55.2 Å². The first-order valence-corrected chi connectivity index (χ1v) is 12.9. The van der Waals surface area contributed by atoms with E-state index in [1.807, 2.05) is 0 Å². The lowest BCUT2D eigenvalue weighted by atomic mass is 9.33. The normalized spacial score (nSPS) is 22.6. The Kier molecular flexibility index (Phi) is 5.04. The monoisotopic (exact) mass is 549 g/mol. The van der Waals surface area contributed by atoms with Crippen molar-refractivity contribution in [3.63, 3.8) is 0 Å². The predicted octanol–water partition coefficient (Wildman–Crippen LogP) is 4.91. The van der Waals surface area contributed by atoms with Gasteiger partial charge in [-0.2, -0.15) is 13.2 Å². The van der Waals surface area contributed by atoms with Crippen molar-refractivity contribution in [3.8, 4) is 11.4 Å². The molecule has 0 saturated heterocycles. The van der Waals surface area contributed by atoms with E-state index in [2.05, 4.69) is 14.4 Å². The molecule has 8 nitrogen and oxygen atoms in total. The molecule has 3 aliphatic carbocycles. The van der Waals surface area contributed by atoms with Crippen LogP contribution in [0.2, 0.25) is 0 Å². The predicted molar refractivity (Wildman–Crippen MR) is 127 cm³/mol. The smallest absolute Gasteiger partial charge is 0.394 e. The molecule has 7 rings (SSSR count). The fourth-order valence-corrected chi connectivity index (χ4v) is 6.79. The van der Waals surface area contributed by atoms with E-state index in [-0.39, 0.29) is 52.5 Å². The molecule has 0 spiro atoms. The van der Waals surface area contributed by atoms with Crippen LogP contribution >= 0.6 is 0 Å². The molecule has 0 aliphatic heterocycles. The van der Waals surface area contributed by atoms with Gasteiger partial charge in [0.2, 0.25) is 0 Å². The molecule has 0 radical (unpaired) electrons. The summed E-state index contributed by atoms with van der Waals surface area (Å²) in [6, 6.07) is 10.4. The first-order valence-electron chi connectivity index (χ1n) is 11.4. The number of aromatic nitrogens is 2. The molecular weight excluding hydrogens is 530 g/mol. The van der Waals surface area contributed by atoms with E-state index in [0.29, 0.717) is 5.39 Å². The number of ether oxygens (including phenoxy) is 1. The third-order valence-corrected chi connectivity index (χ3v) is 8.92. The summed E-state index contributed by atoms with van der Waals surface area (Å²) in [4.78, 5) is 12.8. The highest BCUT2D eigenvalue weighted by Crippen LogP contribution is 2.78. The second kappa shape index (κ2) is 7.82. The molecule has 3 fully saturated rings. The van der Waals surface area contributed by atoms with E-state index in [9.17, 15) is 26.4 Å². The molecule has 0 atom stereocenters. The fraction of sp³-hybridized carbons (Fsp3) is 0.280. The minimum absolute atomic E-state index is 0.0137. The van der Waals surface area contributed by atoms with Crippen LogP contribution in [-0.2, 0) is 15.4 Å². The first kappa shape index (κ1) is 24.5. The van der Waals surface area contributed by atoms with Crippen LogP contribution in [0.15, 0.2) is 69.0 Å². The SMILES string of the molecule is COc1cc(C23CC(C(F)(F)F)(C2)C3)c(F)cc1-n1c(=O)ccc2cc(S(=O)(=O)Nc3ccon3)ccc21. The van der Waals surface area contributed by atoms with Gasteiger partial charge in [-0.3, -0.25) is 14.1 Å². The Morgan fingerprint density at radius 2 is 1.82 bits per heavy atom. The van der Waals surface area contributed by atoms with E-state index in [0.717, 1.165) is 6.07 Å². The highest BCUT2D eigenvalue weighted by molar-refractivity contribution is 7.92. The quantitative estimate of drug-likeness (QED) is 0.343. The van der Waals surface area contributed by atoms with E-state index in [4.69, 9.17) is 4.74 Å². The van der Waals surface area contributed by atoms with Crippen LogP contribution in [0.25, 0.3) is 16.6 Å². The highest BCUT2D eigenvalue weighted by Gasteiger charge is 2.79. The standard InChI is InChI=1S/C25H19F4N3O5S/c1-36-20-9-16(23-11-24(12-23,13-23)25(27,28)29)17(26)10-19(20)32-18-4-3-15(8-14(18)2-5-22(32)33)38(34,35)31-21-6-7-37-30-21/h2-10H,11-13H2,1H3,(H,30,31). The number of fused-ring (bicyclic) bond motifs is 1. The number of hydrogen-bond acceptors (Lipinski definition) is 6. The average Bonchev–Trinajstić information content (AvgIpc) is 3.29. The number of benzene rings is 2. The number of anilines is 1. The Labute approximate surface area is 212 Å². The minimum Gasteiger partial charge on any atom is -0.495 e. The molecule has 198 valence electrons. The van der Waals surface area contributed by atoms with Gasteiger partial charge in [0.1, 0.15) is 17.8 Å². The van der Waals surface area contributed by atoms with Gasteiger partial charge in [0.05, 0.1) is 28.6 Å². The third-order valence-electron chi connectivity index (χ3n) is 7.57. The summed E-state index contributed by atoms with van der Waals surface area (Å²) in [5.41, 5.74) is -2.76. The van der Waals surface area contributed by atoms with Crippen molar-refractivity contribution < 1.29 is 35.2 Å². The third kappa shape index (κ3) is 3.44. The molecule has 2 bridgehead atoms. The molecule has 0 unspecified atom stereocenters. The number of pyridine rings is 1. The number of halogens is 4. The number of methoxy groups -OCH3 is 1. The summed E-state index contributed by atoms with van der Waals surface area (Å²) in [5, 5.41) is 3.87. The number of alkyl halides is 3. The maximum absolute atomic E-state index is 15.4. The summed E-state index contributed by atoms with van der Waals surface area (Å²) in [5.74, 6) is -0.650. The Bertz CT molecular complexity index is 1740. The molecule has 38 heavy (non-hydrogen) atoms. The molecule has 13 heteroatoms. The maximum Gasteiger partial charge on any atom is 0.394 e. The summed E-state index contributed by atoms with van der Waals surface area (Å²) >= 11 is 0. The van der Waals surface area contributed by atoms with Crippen molar-refractivity contribution >= 4 is 26.7 Å². The number of sulfonamides is 1. The zero-order chi connectivity index (χ0) is 27.1. The molecule has 2 aromatic heterocycles. The van der Waals surface area contributed by atoms with Crippen LogP contribution in [0, 0.1) is 11.2 Å². The second-order valence-electron chi connectivity index (χ2n) is 9.81. The van der Waals surface area contributed by atoms with Crippen molar-refractivity contribution in [3.05, 3.63) is 76.5 Å². The van der Waals surface area contributed by atoms with Gasteiger partial charge in [-0.1, -0.05) is 5.16 Å². The van der Waals surface area contributed by atoms with Gasteiger partial charge in [0.15, 0.2) is 5.82 Å². The van der Waals surface area contributed by atoms with Gasteiger partial charge >= 0.3 is 6.18 Å². The summed E-state index contributed by atoms with van der Waals surface area (Å²) in [6.07, 6.45) is -3.68. The van der Waals surface area contributed by atoms with Gasteiger partial charge in [-0.25, -0.2) is 12.8 Å². The zero-order valence-electron chi connectivity index (χ0n) is 19.7. The minimum atomic E-state index is -4.33. The Morgan fingerprint density at radius 1 is 1.08 bits per heavy atom. The second-order valence-corrected chi connectivity index (χ2v) is 11.5. The highest BCUT2D eigenvalue weighted by atomic mass is 32.2. The van der Waals surface area contributed by atoms with Gasteiger partial charge in [0, 0.05) is 29.0 Å².